The van der Waals surface area contributed by atoms with Gasteiger partial charge in [0.05, 0.1) is 10.0 Å². The molecule has 0 aliphatic carbocycles. The van der Waals surface area contributed by atoms with Gasteiger partial charge in [-0.3, -0.25) is 0 Å². The fraction of sp³-hybridized carbons (Fsp3) is 0.143. The lowest BCUT2D eigenvalue weighted by Gasteiger charge is -1.96. The maximum absolute atomic E-state index is 5.75. The monoisotopic (exact) mass is 194 g/mol. The highest BCUT2D eigenvalue weighted by atomic mass is 35.5. The van der Waals surface area contributed by atoms with Gasteiger partial charge >= 0.3 is 0 Å². The summed E-state index contributed by atoms with van der Waals surface area (Å²) >= 11 is 11.4. The summed E-state index contributed by atoms with van der Waals surface area (Å²) < 4.78 is 0. The first-order chi connectivity index (χ1) is 4.22. The summed E-state index contributed by atoms with van der Waals surface area (Å²) in [5.41, 5.74) is 1.02. The Balaban J connectivity index is 0. The molecule has 0 spiro atoms. The predicted octanol–water partition coefficient (Wildman–Crippen LogP) is 3.63. The summed E-state index contributed by atoms with van der Waals surface area (Å²) in [4.78, 5) is 0. The molecule has 2 nitrogen and oxygen atoms in total. The Morgan fingerprint density at radius 2 is 1.64 bits per heavy atom. The number of benzene rings is 1. The largest absolute Gasteiger partial charge is 0.344 e. The minimum absolute atomic E-state index is 0. The molecule has 6 N–H and O–H groups in total. The summed E-state index contributed by atoms with van der Waals surface area (Å²) in [5.74, 6) is 0. The van der Waals surface area contributed by atoms with Crippen molar-refractivity contribution < 1.29 is 0 Å². The molecule has 1 aromatic carbocycles. The van der Waals surface area contributed by atoms with Crippen LogP contribution >= 0.6 is 23.2 Å². The van der Waals surface area contributed by atoms with E-state index in [1.165, 1.54) is 0 Å². The topological polar surface area (TPSA) is 70.0 Å². The Bertz CT molecular complexity index is 205. The van der Waals surface area contributed by atoms with Gasteiger partial charge in [0, 0.05) is 0 Å². The normalized spacial score (nSPS) is 7.91. The van der Waals surface area contributed by atoms with Crippen molar-refractivity contribution in [1.82, 2.24) is 12.3 Å². The molecule has 0 saturated carbocycles. The predicted molar refractivity (Wildman–Crippen MR) is 51.2 cm³/mol. The van der Waals surface area contributed by atoms with Crippen LogP contribution in [-0.4, -0.2) is 0 Å². The maximum Gasteiger partial charge on any atom is 0.0621 e. The van der Waals surface area contributed by atoms with Gasteiger partial charge in [-0.25, -0.2) is 0 Å². The van der Waals surface area contributed by atoms with Crippen LogP contribution in [0.25, 0.3) is 0 Å². The first kappa shape index (κ1) is 13.3. The average molecular weight is 195 g/mol. The van der Waals surface area contributed by atoms with E-state index >= 15 is 0 Å². The van der Waals surface area contributed by atoms with Crippen molar-refractivity contribution in [2.24, 2.45) is 0 Å². The Morgan fingerprint density at radius 1 is 1.09 bits per heavy atom. The molecule has 0 saturated heterocycles. The highest BCUT2D eigenvalue weighted by Gasteiger charge is 1.96. The van der Waals surface area contributed by atoms with Crippen LogP contribution in [0, 0.1) is 6.92 Å². The van der Waals surface area contributed by atoms with E-state index in [4.69, 9.17) is 23.2 Å². The van der Waals surface area contributed by atoms with Crippen LogP contribution in [0.4, 0.5) is 0 Å². The lowest BCUT2D eigenvalue weighted by atomic mass is 10.2. The van der Waals surface area contributed by atoms with Gasteiger partial charge in [-0.05, 0) is 18.6 Å². The third-order valence-corrected chi connectivity index (χ3v) is 2.06. The summed E-state index contributed by atoms with van der Waals surface area (Å²) in [6.07, 6.45) is 0. The second-order valence-electron chi connectivity index (χ2n) is 1.87. The molecular weight excluding hydrogens is 183 g/mol. The van der Waals surface area contributed by atoms with Gasteiger partial charge in [-0.1, -0.05) is 35.3 Å². The number of halogens is 2. The molecule has 0 aliphatic rings. The lowest BCUT2D eigenvalue weighted by molar-refractivity contribution is 1.47. The van der Waals surface area contributed by atoms with E-state index < -0.39 is 0 Å². The molecule has 1 rings (SSSR count). The van der Waals surface area contributed by atoms with Crippen molar-refractivity contribution in [3.63, 3.8) is 0 Å². The lowest BCUT2D eigenvalue weighted by Crippen LogP contribution is -1.73. The van der Waals surface area contributed by atoms with Crippen LogP contribution in [0.15, 0.2) is 18.2 Å². The number of hydrogen-bond donors (Lipinski definition) is 2. The minimum Gasteiger partial charge on any atom is -0.344 e. The van der Waals surface area contributed by atoms with Crippen molar-refractivity contribution >= 4 is 23.2 Å². The molecule has 4 heteroatoms. The van der Waals surface area contributed by atoms with E-state index in [1.54, 1.807) is 6.07 Å². The Labute approximate surface area is 76.7 Å². The molecule has 0 aromatic heterocycles. The molecule has 1 aromatic rings. The number of aryl methyl sites for hydroxylation is 1. The third-order valence-electron chi connectivity index (χ3n) is 1.14. The van der Waals surface area contributed by atoms with E-state index in [9.17, 15) is 0 Å². The molecule has 0 aliphatic heterocycles. The van der Waals surface area contributed by atoms with Crippen LogP contribution in [0.1, 0.15) is 5.56 Å². The van der Waals surface area contributed by atoms with E-state index in [0.717, 1.165) is 5.56 Å². The van der Waals surface area contributed by atoms with Gasteiger partial charge in [0.15, 0.2) is 0 Å². The molecule has 0 unspecified atom stereocenters. The van der Waals surface area contributed by atoms with E-state index in [-0.39, 0.29) is 12.3 Å². The third kappa shape index (κ3) is 3.08. The minimum atomic E-state index is 0. The van der Waals surface area contributed by atoms with Crippen molar-refractivity contribution in [1.29, 1.82) is 0 Å². The highest BCUT2D eigenvalue weighted by Crippen LogP contribution is 2.24. The first-order valence-corrected chi connectivity index (χ1v) is 3.38. The quantitative estimate of drug-likeness (QED) is 0.663. The molecule has 0 heterocycles. The highest BCUT2D eigenvalue weighted by molar-refractivity contribution is 6.42. The van der Waals surface area contributed by atoms with Gasteiger partial charge in [0.25, 0.3) is 0 Å². The van der Waals surface area contributed by atoms with Crippen LogP contribution in [0.2, 0.25) is 10.0 Å². The van der Waals surface area contributed by atoms with Crippen molar-refractivity contribution in [2.75, 3.05) is 0 Å². The number of hydrogen-bond acceptors (Lipinski definition) is 2. The van der Waals surface area contributed by atoms with Gasteiger partial charge < -0.3 is 12.3 Å². The van der Waals surface area contributed by atoms with Gasteiger partial charge in [0.1, 0.15) is 0 Å². The van der Waals surface area contributed by atoms with E-state index in [1.807, 2.05) is 19.1 Å². The zero-order valence-electron chi connectivity index (χ0n) is 6.40. The SMILES string of the molecule is Cc1cccc(Cl)c1Cl.N.N. The molecule has 64 valence electrons. The molecule has 0 bridgehead atoms. The van der Waals surface area contributed by atoms with Crippen LogP contribution in [0.5, 0.6) is 0 Å². The Hall–Kier alpha value is -0.280. The van der Waals surface area contributed by atoms with Crippen LogP contribution < -0.4 is 12.3 Å². The summed E-state index contributed by atoms with van der Waals surface area (Å²) in [5, 5.41) is 1.27. The molecule has 0 amide bonds. The fourth-order valence-corrected chi connectivity index (χ4v) is 0.959. The van der Waals surface area contributed by atoms with Crippen LogP contribution in [-0.2, 0) is 0 Å². The van der Waals surface area contributed by atoms with Crippen molar-refractivity contribution in [3.05, 3.63) is 33.8 Å². The van der Waals surface area contributed by atoms with Gasteiger partial charge in [-0.15, -0.1) is 0 Å². The molecule has 0 radical (unpaired) electrons. The molecule has 11 heavy (non-hydrogen) atoms. The van der Waals surface area contributed by atoms with E-state index in [0.29, 0.717) is 10.0 Å². The average Bonchev–Trinajstić information content (AvgIpc) is 1.83. The van der Waals surface area contributed by atoms with Gasteiger partial charge in [0.2, 0.25) is 0 Å². The first-order valence-electron chi connectivity index (χ1n) is 2.62. The smallest absolute Gasteiger partial charge is 0.0621 e. The zero-order chi connectivity index (χ0) is 6.85. The molecule has 0 fully saturated rings. The Morgan fingerprint density at radius 3 is 2.00 bits per heavy atom. The zero-order valence-corrected chi connectivity index (χ0v) is 7.91. The second-order valence-corrected chi connectivity index (χ2v) is 2.66. The van der Waals surface area contributed by atoms with Crippen molar-refractivity contribution in [3.8, 4) is 0 Å². The standard InChI is InChI=1S/C7H6Cl2.2H3N/c1-5-3-2-4-6(8)7(5)9;;/h2-4H,1H3;2*1H3. The summed E-state index contributed by atoms with van der Waals surface area (Å²) in [6.45, 7) is 1.92. The van der Waals surface area contributed by atoms with Crippen LogP contribution in [0.3, 0.4) is 0 Å². The maximum atomic E-state index is 5.75. The fourth-order valence-electron chi connectivity index (χ4n) is 0.612. The summed E-state index contributed by atoms with van der Waals surface area (Å²) in [6, 6.07) is 5.58. The Kier molecular flexibility index (Phi) is 6.52. The van der Waals surface area contributed by atoms with E-state index in [2.05, 4.69) is 0 Å². The van der Waals surface area contributed by atoms with Gasteiger partial charge in [-0.2, -0.15) is 0 Å². The summed E-state index contributed by atoms with van der Waals surface area (Å²) in [7, 11) is 0. The molecule has 0 atom stereocenters. The number of rotatable bonds is 0. The van der Waals surface area contributed by atoms with Crippen molar-refractivity contribution in [2.45, 2.75) is 6.92 Å². The second kappa shape index (κ2) is 5.38. The molecular formula is C7H12Cl2N2.